The highest BCUT2D eigenvalue weighted by atomic mass is 19.4. The van der Waals surface area contributed by atoms with Crippen LogP contribution >= 0.6 is 0 Å². The molecular weight excluding hydrogens is 453 g/mol. The number of piperidine rings is 1. The van der Waals surface area contributed by atoms with E-state index in [2.05, 4.69) is 21.0 Å². The molecule has 3 aromatic rings. The van der Waals surface area contributed by atoms with Crippen molar-refractivity contribution in [1.29, 1.82) is 5.26 Å². The van der Waals surface area contributed by atoms with Crippen molar-refractivity contribution in [3.63, 3.8) is 0 Å². The van der Waals surface area contributed by atoms with Crippen LogP contribution in [-0.2, 0) is 18.1 Å². The Labute approximate surface area is 203 Å². The van der Waals surface area contributed by atoms with Gasteiger partial charge >= 0.3 is 6.18 Å². The Hall–Kier alpha value is -3.15. The van der Waals surface area contributed by atoms with Crippen LogP contribution in [0.25, 0.3) is 11.3 Å². The van der Waals surface area contributed by atoms with E-state index in [9.17, 15) is 18.4 Å². The average molecular weight is 483 g/mol. The zero-order valence-electron chi connectivity index (χ0n) is 19.8. The summed E-state index contributed by atoms with van der Waals surface area (Å²) in [5.74, 6) is 0.527. The third kappa shape index (κ3) is 5.92. The summed E-state index contributed by atoms with van der Waals surface area (Å²) in [5, 5.41) is 13.7. The molecule has 184 valence electrons. The molecule has 5 nitrogen and oxygen atoms in total. The molecule has 0 atom stereocenters. The first-order valence-electron chi connectivity index (χ1n) is 11.8. The number of hydrogen-bond donors (Lipinski definition) is 0. The third-order valence-corrected chi connectivity index (χ3v) is 6.76. The fraction of sp³-hybridized carbons (Fsp3) is 0.407. The van der Waals surface area contributed by atoms with Crippen LogP contribution in [0.15, 0.2) is 65.2 Å². The molecule has 4 rings (SSSR count). The number of hydrogen-bond acceptors (Lipinski definition) is 5. The van der Waals surface area contributed by atoms with Gasteiger partial charge in [-0.15, -0.1) is 0 Å². The van der Waals surface area contributed by atoms with E-state index in [0.29, 0.717) is 12.3 Å². The zero-order chi connectivity index (χ0) is 24.9. The highest BCUT2D eigenvalue weighted by Gasteiger charge is 2.36. The van der Waals surface area contributed by atoms with Gasteiger partial charge in [-0.2, -0.15) is 18.4 Å². The van der Waals surface area contributed by atoms with Crippen LogP contribution in [0, 0.1) is 11.3 Å². The van der Waals surface area contributed by atoms with E-state index in [1.54, 1.807) is 12.1 Å². The van der Waals surface area contributed by atoms with E-state index in [0.717, 1.165) is 57.1 Å². The van der Waals surface area contributed by atoms with Crippen molar-refractivity contribution in [1.82, 2.24) is 15.0 Å². The molecule has 0 bridgehead atoms. The molecule has 0 spiro atoms. The average Bonchev–Trinajstić information content (AvgIpc) is 3.33. The molecule has 2 aromatic carbocycles. The second-order valence-corrected chi connectivity index (χ2v) is 9.21. The van der Waals surface area contributed by atoms with Crippen molar-refractivity contribution in [2.45, 2.75) is 37.4 Å². The first-order chi connectivity index (χ1) is 16.8. The van der Waals surface area contributed by atoms with Crippen molar-refractivity contribution in [3.8, 4) is 17.3 Å². The van der Waals surface area contributed by atoms with Crippen LogP contribution in [0.1, 0.15) is 36.1 Å². The third-order valence-electron chi connectivity index (χ3n) is 6.76. The Morgan fingerprint density at radius 3 is 2.46 bits per heavy atom. The summed E-state index contributed by atoms with van der Waals surface area (Å²) in [7, 11) is 1.96. The van der Waals surface area contributed by atoms with E-state index >= 15 is 0 Å². The molecule has 0 N–H and O–H groups in total. The maximum absolute atomic E-state index is 13.3. The van der Waals surface area contributed by atoms with Crippen LogP contribution in [-0.4, -0.2) is 48.2 Å². The zero-order valence-corrected chi connectivity index (χ0v) is 19.8. The molecule has 0 amide bonds. The van der Waals surface area contributed by atoms with Gasteiger partial charge in [-0.05, 0) is 64.1 Å². The van der Waals surface area contributed by atoms with Crippen LogP contribution in [0.3, 0.4) is 0 Å². The molecule has 1 fully saturated rings. The summed E-state index contributed by atoms with van der Waals surface area (Å²) < 4.78 is 45.3. The van der Waals surface area contributed by atoms with Crippen LogP contribution < -0.4 is 0 Å². The summed E-state index contributed by atoms with van der Waals surface area (Å²) in [6.07, 6.45) is -1.86. The minimum absolute atomic E-state index is 0.0201. The lowest BCUT2D eigenvalue weighted by Gasteiger charge is -2.37. The largest absolute Gasteiger partial charge is 0.417 e. The van der Waals surface area contributed by atoms with Gasteiger partial charge in [-0.1, -0.05) is 53.7 Å². The molecule has 2 heterocycles. The lowest BCUT2D eigenvalue weighted by atomic mass is 9.74. The highest BCUT2D eigenvalue weighted by Crippen LogP contribution is 2.37. The maximum Gasteiger partial charge on any atom is 0.417 e. The number of halogens is 3. The summed E-state index contributed by atoms with van der Waals surface area (Å²) in [6, 6.07) is 19.6. The van der Waals surface area contributed by atoms with E-state index in [-0.39, 0.29) is 11.3 Å². The van der Waals surface area contributed by atoms with E-state index in [4.69, 9.17) is 4.52 Å². The smallest absolute Gasteiger partial charge is 0.359 e. The SMILES string of the molecule is CN(CCCN1CCC(C#N)(c2ccccc2)CC1)Cc1cc(-c2ccccc2C(F)(F)F)no1. The van der Waals surface area contributed by atoms with Crippen LogP contribution in [0.5, 0.6) is 0 Å². The maximum atomic E-state index is 13.3. The topological polar surface area (TPSA) is 56.3 Å². The number of nitriles is 1. The summed E-state index contributed by atoms with van der Waals surface area (Å²) in [5.41, 5.74) is 0.192. The molecule has 0 aliphatic carbocycles. The molecule has 8 heteroatoms. The molecule has 1 aliphatic heterocycles. The summed E-state index contributed by atoms with van der Waals surface area (Å²) in [4.78, 5) is 4.47. The molecule has 0 unspecified atom stereocenters. The van der Waals surface area contributed by atoms with Crippen molar-refractivity contribution in [3.05, 3.63) is 77.6 Å². The van der Waals surface area contributed by atoms with Crippen LogP contribution in [0.4, 0.5) is 13.2 Å². The van der Waals surface area contributed by atoms with Gasteiger partial charge in [0.2, 0.25) is 0 Å². The standard InChI is InChI=1S/C27H29F3N4O/c1-33(19-22-18-25(32-35-22)23-10-5-6-11-24(23)27(28,29)30)14-7-15-34-16-12-26(20-31,13-17-34)21-8-3-2-4-9-21/h2-6,8-11,18H,7,12-17,19H2,1H3. The normalized spacial score (nSPS) is 16.3. The van der Waals surface area contributed by atoms with Crippen molar-refractivity contribution in [2.75, 3.05) is 33.2 Å². The van der Waals surface area contributed by atoms with Gasteiger partial charge in [0.25, 0.3) is 0 Å². The minimum Gasteiger partial charge on any atom is -0.359 e. The van der Waals surface area contributed by atoms with Gasteiger partial charge in [-0.25, -0.2) is 0 Å². The lowest BCUT2D eigenvalue weighted by molar-refractivity contribution is -0.137. The van der Waals surface area contributed by atoms with Crippen LogP contribution in [0.2, 0.25) is 0 Å². The van der Waals surface area contributed by atoms with Gasteiger partial charge in [0.15, 0.2) is 5.76 Å². The first kappa shape index (κ1) is 25.0. The highest BCUT2D eigenvalue weighted by molar-refractivity contribution is 5.64. The Morgan fingerprint density at radius 2 is 1.77 bits per heavy atom. The second-order valence-electron chi connectivity index (χ2n) is 9.21. The van der Waals surface area contributed by atoms with Crippen molar-refractivity contribution < 1.29 is 17.7 Å². The Morgan fingerprint density at radius 1 is 1.09 bits per heavy atom. The van der Waals surface area contributed by atoms with Gasteiger partial charge in [0.1, 0.15) is 5.69 Å². The molecule has 0 radical (unpaired) electrons. The predicted octanol–water partition coefficient (Wildman–Crippen LogP) is 5.74. The number of benzene rings is 2. The first-order valence-corrected chi connectivity index (χ1v) is 11.8. The number of rotatable bonds is 8. The molecule has 1 aliphatic rings. The fourth-order valence-corrected chi connectivity index (χ4v) is 4.76. The van der Waals surface area contributed by atoms with Crippen molar-refractivity contribution in [2.24, 2.45) is 0 Å². The number of likely N-dealkylation sites (tertiary alicyclic amines) is 1. The van der Waals surface area contributed by atoms with Gasteiger partial charge < -0.3 is 9.42 Å². The fourth-order valence-electron chi connectivity index (χ4n) is 4.76. The molecular formula is C27H29F3N4O. The summed E-state index contributed by atoms with van der Waals surface area (Å²) >= 11 is 0. The quantitative estimate of drug-likeness (QED) is 0.410. The minimum atomic E-state index is -4.45. The van der Waals surface area contributed by atoms with E-state index in [1.807, 2.05) is 37.4 Å². The summed E-state index contributed by atoms with van der Waals surface area (Å²) in [6.45, 7) is 3.98. The number of alkyl halides is 3. The lowest BCUT2D eigenvalue weighted by Crippen LogP contribution is -2.42. The Kier molecular flexibility index (Phi) is 7.58. The van der Waals surface area contributed by atoms with Gasteiger partial charge in [-0.3, -0.25) is 4.90 Å². The van der Waals surface area contributed by atoms with Crippen molar-refractivity contribution >= 4 is 0 Å². The molecule has 35 heavy (non-hydrogen) atoms. The molecule has 1 saturated heterocycles. The predicted molar refractivity (Wildman–Crippen MR) is 127 cm³/mol. The molecule has 1 aromatic heterocycles. The molecule has 0 saturated carbocycles. The van der Waals surface area contributed by atoms with E-state index in [1.165, 1.54) is 12.1 Å². The van der Waals surface area contributed by atoms with E-state index < -0.39 is 17.2 Å². The second kappa shape index (κ2) is 10.6. The Bertz CT molecular complexity index is 1140. The van der Waals surface area contributed by atoms with Gasteiger partial charge in [0, 0.05) is 11.6 Å². The number of nitrogens with zero attached hydrogens (tertiary/aromatic N) is 4. The Balaban J connectivity index is 1.25. The number of aromatic nitrogens is 1. The monoisotopic (exact) mass is 482 g/mol. The van der Waals surface area contributed by atoms with Gasteiger partial charge in [0.05, 0.1) is 23.6 Å².